The largest absolute Gasteiger partial charge is 0.480 e. The molecular formula is C15H26N2O4. The van der Waals surface area contributed by atoms with E-state index >= 15 is 0 Å². The summed E-state index contributed by atoms with van der Waals surface area (Å²) in [7, 11) is 1.71. The van der Waals surface area contributed by atoms with E-state index in [-0.39, 0.29) is 24.1 Å². The molecule has 2 amide bonds. The summed E-state index contributed by atoms with van der Waals surface area (Å²) >= 11 is 0. The van der Waals surface area contributed by atoms with Gasteiger partial charge in [0.15, 0.2) is 0 Å². The zero-order valence-electron chi connectivity index (χ0n) is 12.9. The number of ether oxygens (including phenoxy) is 1. The van der Waals surface area contributed by atoms with E-state index in [1.807, 2.05) is 6.92 Å². The number of amides is 2. The van der Waals surface area contributed by atoms with Gasteiger partial charge in [-0.15, -0.1) is 0 Å². The maximum absolute atomic E-state index is 12.3. The van der Waals surface area contributed by atoms with Gasteiger partial charge in [0, 0.05) is 13.7 Å². The minimum Gasteiger partial charge on any atom is -0.480 e. The third kappa shape index (κ3) is 3.87. The third-order valence-corrected chi connectivity index (χ3v) is 4.82. The number of aliphatic carboxylic acids is 1. The third-order valence-electron chi connectivity index (χ3n) is 4.82. The number of likely N-dealkylation sites (N-methyl/N-ethyl adjacent to an activating group) is 1. The van der Waals surface area contributed by atoms with Crippen LogP contribution in [0.5, 0.6) is 0 Å². The number of carboxylic acid groups (broad SMARTS) is 1. The Labute approximate surface area is 125 Å². The number of nitrogens with zero attached hydrogens (tertiary/aromatic N) is 1. The van der Waals surface area contributed by atoms with Crippen molar-refractivity contribution in [1.29, 1.82) is 0 Å². The van der Waals surface area contributed by atoms with Crippen LogP contribution in [-0.4, -0.2) is 53.8 Å². The number of hydrogen-bond donors (Lipinski definition) is 2. The summed E-state index contributed by atoms with van der Waals surface area (Å²) < 4.78 is 5.47. The maximum Gasteiger partial charge on any atom is 0.326 e. The number of hydrogen-bond acceptors (Lipinski definition) is 3. The molecule has 0 aromatic rings. The van der Waals surface area contributed by atoms with Crippen molar-refractivity contribution in [2.75, 3.05) is 13.7 Å². The summed E-state index contributed by atoms with van der Waals surface area (Å²) in [5.41, 5.74) is 0. The summed E-state index contributed by atoms with van der Waals surface area (Å²) in [5.74, 6) is -0.884. The molecule has 120 valence electrons. The van der Waals surface area contributed by atoms with E-state index in [0.29, 0.717) is 6.61 Å². The predicted molar refractivity (Wildman–Crippen MR) is 78.1 cm³/mol. The lowest BCUT2D eigenvalue weighted by Crippen LogP contribution is -2.53. The van der Waals surface area contributed by atoms with Crippen molar-refractivity contribution in [3.63, 3.8) is 0 Å². The number of urea groups is 1. The number of nitrogens with one attached hydrogen (secondary N) is 1. The maximum atomic E-state index is 12.3. The summed E-state index contributed by atoms with van der Waals surface area (Å²) in [6, 6.07) is -1.07. The van der Waals surface area contributed by atoms with Crippen LogP contribution in [0.3, 0.4) is 0 Å². The Morgan fingerprint density at radius 1 is 1.24 bits per heavy atom. The Morgan fingerprint density at radius 3 is 2.43 bits per heavy atom. The Bertz CT molecular complexity index is 382. The standard InChI is InChI=1S/C15H26N2O4/c1-10-12(8-9-21-10)17(2)15(20)16-13(14(18)19)11-6-4-3-5-7-11/h10-13H,3-9H2,1-2H3,(H,16,20)(H,18,19). The van der Waals surface area contributed by atoms with Crippen LogP contribution in [0, 0.1) is 5.92 Å². The fraction of sp³-hybridized carbons (Fsp3) is 0.867. The van der Waals surface area contributed by atoms with Gasteiger partial charge in [0.05, 0.1) is 12.1 Å². The second kappa shape index (κ2) is 7.11. The van der Waals surface area contributed by atoms with E-state index in [2.05, 4.69) is 5.32 Å². The molecule has 1 aliphatic heterocycles. The Balaban J connectivity index is 1.95. The second-order valence-corrected chi connectivity index (χ2v) is 6.21. The second-order valence-electron chi connectivity index (χ2n) is 6.21. The first-order valence-electron chi connectivity index (χ1n) is 7.88. The van der Waals surface area contributed by atoms with E-state index in [9.17, 15) is 14.7 Å². The molecule has 0 bridgehead atoms. The average Bonchev–Trinajstić information content (AvgIpc) is 2.90. The number of rotatable bonds is 4. The van der Waals surface area contributed by atoms with Crippen LogP contribution in [0.15, 0.2) is 0 Å². The first-order valence-corrected chi connectivity index (χ1v) is 7.88. The van der Waals surface area contributed by atoms with Crippen molar-refractivity contribution in [1.82, 2.24) is 10.2 Å². The molecule has 0 aromatic carbocycles. The molecule has 3 atom stereocenters. The predicted octanol–water partition coefficient (Wildman–Crippen LogP) is 1.84. The molecule has 0 radical (unpaired) electrons. The topological polar surface area (TPSA) is 78.9 Å². The van der Waals surface area contributed by atoms with Crippen molar-refractivity contribution in [3.8, 4) is 0 Å². The highest BCUT2D eigenvalue weighted by Gasteiger charge is 2.35. The van der Waals surface area contributed by atoms with Gasteiger partial charge in [0.2, 0.25) is 0 Å². The Morgan fingerprint density at radius 2 is 1.90 bits per heavy atom. The Kier molecular flexibility index (Phi) is 5.45. The molecular weight excluding hydrogens is 272 g/mol. The van der Waals surface area contributed by atoms with Gasteiger partial charge in [0.25, 0.3) is 0 Å². The van der Waals surface area contributed by atoms with E-state index in [1.165, 1.54) is 0 Å². The van der Waals surface area contributed by atoms with Crippen LogP contribution in [0.25, 0.3) is 0 Å². The van der Waals surface area contributed by atoms with Crippen LogP contribution in [0.1, 0.15) is 45.4 Å². The van der Waals surface area contributed by atoms with Crippen molar-refractivity contribution < 1.29 is 19.4 Å². The molecule has 6 heteroatoms. The molecule has 0 spiro atoms. The minimum absolute atomic E-state index is 0.00120. The van der Waals surface area contributed by atoms with Gasteiger partial charge in [-0.1, -0.05) is 19.3 Å². The molecule has 2 N–H and O–H groups in total. The molecule has 2 rings (SSSR count). The zero-order chi connectivity index (χ0) is 15.4. The lowest BCUT2D eigenvalue weighted by molar-refractivity contribution is -0.141. The number of carboxylic acids is 1. The van der Waals surface area contributed by atoms with Crippen molar-refractivity contribution in [2.24, 2.45) is 5.92 Å². The molecule has 1 saturated carbocycles. The lowest BCUT2D eigenvalue weighted by atomic mass is 9.84. The molecule has 2 aliphatic rings. The summed E-state index contributed by atoms with van der Waals surface area (Å²) in [6.07, 6.45) is 5.81. The highest BCUT2D eigenvalue weighted by Crippen LogP contribution is 2.27. The molecule has 3 unspecified atom stereocenters. The van der Waals surface area contributed by atoms with Gasteiger partial charge in [-0.25, -0.2) is 9.59 Å². The van der Waals surface area contributed by atoms with Gasteiger partial charge in [-0.3, -0.25) is 0 Å². The van der Waals surface area contributed by atoms with Crippen molar-refractivity contribution >= 4 is 12.0 Å². The first kappa shape index (κ1) is 16.1. The van der Waals surface area contributed by atoms with Crippen molar-refractivity contribution in [3.05, 3.63) is 0 Å². The molecule has 21 heavy (non-hydrogen) atoms. The van der Waals surface area contributed by atoms with Gasteiger partial charge < -0.3 is 20.1 Å². The Hall–Kier alpha value is -1.30. The zero-order valence-corrected chi connectivity index (χ0v) is 12.9. The van der Waals surface area contributed by atoms with E-state index in [0.717, 1.165) is 38.5 Å². The first-order chi connectivity index (χ1) is 10.0. The summed E-state index contributed by atoms with van der Waals surface area (Å²) in [6.45, 7) is 2.59. The average molecular weight is 298 g/mol. The highest BCUT2D eigenvalue weighted by molar-refractivity contribution is 5.83. The van der Waals surface area contributed by atoms with E-state index < -0.39 is 12.0 Å². The van der Waals surface area contributed by atoms with Crippen LogP contribution >= 0.6 is 0 Å². The number of carbonyl (C=O) groups is 2. The molecule has 0 aromatic heterocycles. The van der Waals surface area contributed by atoms with Crippen LogP contribution in [-0.2, 0) is 9.53 Å². The lowest BCUT2D eigenvalue weighted by Gasteiger charge is -2.32. The van der Waals surface area contributed by atoms with E-state index in [4.69, 9.17) is 4.74 Å². The fourth-order valence-electron chi connectivity index (χ4n) is 3.46. The molecule has 1 heterocycles. The van der Waals surface area contributed by atoms with Crippen LogP contribution in [0.2, 0.25) is 0 Å². The normalized spacial score (nSPS) is 28.1. The summed E-state index contributed by atoms with van der Waals surface area (Å²) in [4.78, 5) is 25.4. The van der Waals surface area contributed by atoms with Gasteiger partial charge >= 0.3 is 12.0 Å². The smallest absolute Gasteiger partial charge is 0.326 e. The highest BCUT2D eigenvalue weighted by atomic mass is 16.5. The van der Waals surface area contributed by atoms with E-state index in [1.54, 1.807) is 11.9 Å². The fourth-order valence-corrected chi connectivity index (χ4v) is 3.46. The molecule has 2 fully saturated rings. The minimum atomic E-state index is -0.931. The number of carbonyl (C=O) groups excluding carboxylic acids is 1. The van der Waals surface area contributed by atoms with Gasteiger partial charge in [-0.05, 0) is 32.1 Å². The molecule has 1 aliphatic carbocycles. The monoisotopic (exact) mass is 298 g/mol. The van der Waals surface area contributed by atoms with Crippen molar-refractivity contribution in [2.45, 2.75) is 63.6 Å². The SMILES string of the molecule is CC1OCCC1N(C)C(=O)NC(C(=O)O)C1CCCCC1. The molecule has 6 nitrogen and oxygen atoms in total. The molecule has 1 saturated heterocycles. The summed E-state index contributed by atoms with van der Waals surface area (Å²) in [5, 5.41) is 12.1. The van der Waals surface area contributed by atoms with Gasteiger partial charge in [-0.2, -0.15) is 0 Å². The van der Waals surface area contributed by atoms with Crippen LogP contribution in [0.4, 0.5) is 4.79 Å². The quantitative estimate of drug-likeness (QED) is 0.830. The van der Waals surface area contributed by atoms with Crippen LogP contribution < -0.4 is 5.32 Å². The van der Waals surface area contributed by atoms with Gasteiger partial charge in [0.1, 0.15) is 6.04 Å².